The van der Waals surface area contributed by atoms with Gasteiger partial charge in [0.2, 0.25) is 11.8 Å². The number of para-hydroxylation sites is 1. The first-order chi connectivity index (χ1) is 14.0. The number of halogens is 1. The highest BCUT2D eigenvalue weighted by Gasteiger charge is 2.31. The summed E-state index contributed by atoms with van der Waals surface area (Å²) in [6.45, 7) is 0.779. The second kappa shape index (κ2) is 11.3. The number of aromatic nitrogens is 2. The zero-order chi connectivity index (χ0) is 20.8. The molecule has 1 aromatic carbocycles. The highest BCUT2D eigenvalue weighted by Crippen LogP contribution is 2.26. The normalized spacial score (nSPS) is 16.5. The fourth-order valence-corrected chi connectivity index (χ4v) is 4.29. The first-order valence-corrected chi connectivity index (χ1v) is 10.8. The number of carbonyl (C=O) groups excluding carboxylic acids is 2. The molecular formula is C22H33ClN4O3. The summed E-state index contributed by atoms with van der Waals surface area (Å²) in [5.41, 5.74) is 8.12. The Labute approximate surface area is 183 Å². The van der Waals surface area contributed by atoms with E-state index in [1.54, 1.807) is 16.2 Å². The standard InChI is InChI=1S/C22H32N4O3.ClH/c1-25-20-16(10-7-5-3-2-4-6-8-15-23)11-9-12-17(20)26(22(25)29)18-13-14-19(27)24-21(18)28;/h9,11-12,18H,2-8,10,13-15,23H2,1H3,(H,24,27,28);1H. The lowest BCUT2D eigenvalue weighted by Gasteiger charge is -2.21. The summed E-state index contributed by atoms with van der Waals surface area (Å²) in [6, 6.07) is 5.28. The van der Waals surface area contributed by atoms with E-state index in [0.717, 1.165) is 42.4 Å². The van der Waals surface area contributed by atoms with Crippen LogP contribution in [0.2, 0.25) is 0 Å². The van der Waals surface area contributed by atoms with E-state index in [4.69, 9.17) is 5.73 Å². The van der Waals surface area contributed by atoms with E-state index in [-0.39, 0.29) is 30.4 Å². The molecule has 8 heteroatoms. The van der Waals surface area contributed by atoms with Gasteiger partial charge in [-0.3, -0.25) is 24.0 Å². The van der Waals surface area contributed by atoms with Gasteiger partial charge in [0.05, 0.1) is 11.0 Å². The van der Waals surface area contributed by atoms with E-state index < -0.39 is 11.9 Å². The molecule has 3 rings (SSSR count). The van der Waals surface area contributed by atoms with E-state index in [1.807, 2.05) is 12.1 Å². The molecule has 0 aliphatic carbocycles. The van der Waals surface area contributed by atoms with Crippen molar-refractivity contribution >= 4 is 35.3 Å². The average Bonchev–Trinajstić information content (AvgIpc) is 2.95. The van der Waals surface area contributed by atoms with Crippen molar-refractivity contribution in [2.45, 2.75) is 70.3 Å². The van der Waals surface area contributed by atoms with Crippen molar-refractivity contribution in [2.75, 3.05) is 6.54 Å². The number of nitrogens with two attached hydrogens (primary N) is 1. The number of hydrogen-bond acceptors (Lipinski definition) is 4. The molecule has 1 aromatic heterocycles. The zero-order valence-corrected chi connectivity index (χ0v) is 18.5. The van der Waals surface area contributed by atoms with Crippen LogP contribution < -0.4 is 16.7 Å². The molecule has 1 unspecified atom stereocenters. The summed E-state index contributed by atoms with van der Waals surface area (Å²) >= 11 is 0. The maximum absolute atomic E-state index is 12.9. The van der Waals surface area contributed by atoms with Crippen LogP contribution in [0.3, 0.4) is 0 Å². The Kier molecular flexibility index (Phi) is 9.11. The molecule has 2 aromatic rings. The van der Waals surface area contributed by atoms with Crippen molar-refractivity contribution in [3.8, 4) is 0 Å². The minimum absolute atomic E-state index is 0. The molecule has 1 aliphatic heterocycles. The van der Waals surface area contributed by atoms with Crippen molar-refractivity contribution in [1.29, 1.82) is 0 Å². The number of carbonyl (C=O) groups is 2. The van der Waals surface area contributed by atoms with Gasteiger partial charge in [-0.05, 0) is 43.9 Å². The highest BCUT2D eigenvalue weighted by molar-refractivity contribution is 6.00. The second-order valence-electron chi connectivity index (χ2n) is 7.98. The third-order valence-electron chi connectivity index (χ3n) is 5.86. The van der Waals surface area contributed by atoms with Crippen LogP contribution in [0.5, 0.6) is 0 Å². The molecule has 0 bridgehead atoms. The largest absolute Gasteiger partial charge is 0.330 e. The SMILES string of the molecule is Cl.Cn1c(=O)n(C2CCC(=O)NC2=O)c2cccc(CCCCCCCCCN)c21. The molecule has 1 atom stereocenters. The predicted molar refractivity (Wildman–Crippen MR) is 121 cm³/mol. The van der Waals surface area contributed by atoms with Crippen LogP contribution in [0.4, 0.5) is 0 Å². The average molecular weight is 437 g/mol. The third-order valence-corrected chi connectivity index (χ3v) is 5.86. The summed E-state index contributed by atoms with van der Waals surface area (Å²) in [5.74, 6) is -0.667. The van der Waals surface area contributed by atoms with Crippen molar-refractivity contribution in [3.05, 3.63) is 34.2 Å². The Balaban J connectivity index is 0.00000320. The van der Waals surface area contributed by atoms with Gasteiger partial charge in [-0.1, -0.05) is 44.2 Å². The number of amides is 2. The summed E-state index contributed by atoms with van der Waals surface area (Å²) in [7, 11) is 1.76. The molecule has 0 spiro atoms. The molecule has 1 aliphatic rings. The van der Waals surface area contributed by atoms with Crippen LogP contribution in [0, 0.1) is 0 Å². The van der Waals surface area contributed by atoms with E-state index in [9.17, 15) is 14.4 Å². The summed E-state index contributed by atoms with van der Waals surface area (Å²) in [4.78, 5) is 36.7. The summed E-state index contributed by atoms with van der Waals surface area (Å²) < 4.78 is 3.19. The first-order valence-electron chi connectivity index (χ1n) is 10.8. The Bertz CT molecular complexity index is 934. The molecule has 0 radical (unpaired) electrons. The van der Waals surface area contributed by atoms with Gasteiger partial charge in [0.1, 0.15) is 6.04 Å². The number of fused-ring (bicyclic) bond motifs is 1. The van der Waals surface area contributed by atoms with Gasteiger partial charge in [0.15, 0.2) is 0 Å². The maximum atomic E-state index is 12.9. The Hall–Kier alpha value is -2.12. The van der Waals surface area contributed by atoms with Crippen molar-refractivity contribution in [1.82, 2.24) is 14.5 Å². The molecule has 3 N–H and O–H groups in total. The number of piperidine rings is 1. The number of unbranched alkanes of at least 4 members (excludes halogenated alkanes) is 6. The quantitative estimate of drug-likeness (QED) is 0.441. The molecule has 1 fully saturated rings. The van der Waals surface area contributed by atoms with Gasteiger partial charge >= 0.3 is 5.69 Å². The summed E-state index contributed by atoms with van der Waals surface area (Å²) in [6.07, 6.45) is 9.80. The Morgan fingerprint density at radius 2 is 1.70 bits per heavy atom. The highest BCUT2D eigenvalue weighted by atomic mass is 35.5. The number of nitrogens with zero attached hydrogens (tertiary/aromatic N) is 2. The minimum atomic E-state index is -0.632. The fourth-order valence-electron chi connectivity index (χ4n) is 4.29. The topological polar surface area (TPSA) is 99.1 Å². The molecule has 166 valence electrons. The maximum Gasteiger partial charge on any atom is 0.329 e. The van der Waals surface area contributed by atoms with Gasteiger partial charge < -0.3 is 5.73 Å². The van der Waals surface area contributed by atoms with Crippen LogP contribution in [0.25, 0.3) is 11.0 Å². The minimum Gasteiger partial charge on any atom is -0.330 e. The molecule has 2 heterocycles. The Morgan fingerprint density at radius 1 is 1.03 bits per heavy atom. The van der Waals surface area contributed by atoms with E-state index in [2.05, 4.69) is 11.4 Å². The van der Waals surface area contributed by atoms with Crippen molar-refractivity contribution < 1.29 is 9.59 Å². The van der Waals surface area contributed by atoms with Crippen LogP contribution in [0.1, 0.15) is 69.4 Å². The lowest BCUT2D eigenvalue weighted by atomic mass is 10.0. The Morgan fingerprint density at radius 3 is 2.37 bits per heavy atom. The number of hydrogen-bond donors (Lipinski definition) is 2. The fraction of sp³-hybridized carbons (Fsp3) is 0.591. The molecule has 2 amide bonds. The second-order valence-corrected chi connectivity index (χ2v) is 7.98. The molecular weight excluding hydrogens is 404 g/mol. The van der Waals surface area contributed by atoms with Crippen molar-refractivity contribution in [2.24, 2.45) is 12.8 Å². The van der Waals surface area contributed by atoms with Crippen LogP contribution in [-0.2, 0) is 23.1 Å². The number of imidazole rings is 1. The van der Waals surface area contributed by atoms with Crippen LogP contribution >= 0.6 is 12.4 Å². The van der Waals surface area contributed by atoms with Gasteiger partial charge in [0, 0.05) is 13.5 Å². The molecule has 0 saturated carbocycles. The van der Waals surface area contributed by atoms with E-state index in [1.165, 1.54) is 32.1 Å². The van der Waals surface area contributed by atoms with E-state index >= 15 is 0 Å². The molecule has 7 nitrogen and oxygen atoms in total. The predicted octanol–water partition coefficient (Wildman–Crippen LogP) is 2.97. The van der Waals surface area contributed by atoms with Gasteiger partial charge in [-0.25, -0.2) is 4.79 Å². The van der Waals surface area contributed by atoms with Gasteiger partial charge in [-0.2, -0.15) is 0 Å². The van der Waals surface area contributed by atoms with Crippen LogP contribution in [-0.4, -0.2) is 27.5 Å². The monoisotopic (exact) mass is 436 g/mol. The lowest BCUT2D eigenvalue weighted by molar-refractivity contribution is -0.135. The van der Waals surface area contributed by atoms with Gasteiger partial charge in [0.25, 0.3) is 0 Å². The third kappa shape index (κ3) is 5.32. The number of imide groups is 1. The lowest BCUT2D eigenvalue weighted by Crippen LogP contribution is -2.44. The first kappa shape index (κ1) is 24.2. The smallest absolute Gasteiger partial charge is 0.329 e. The summed E-state index contributed by atoms with van der Waals surface area (Å²) in [5, 5.41) is 2.36. The number of benzene rings is 1. The number of aryl methyl sites for hydroxylation is 2. The van der Waals surface area contributed by atoms with Crippen LogP contribution in [0.15, 0.2) is 23.0 Å². The van der Waals surface area contributed by atoms with Crippen molar-refractivity contribution in [3.63, 3.8) is 0 Å². The zero-order valence-electron chi connectivity index (χ0n) is 17.7. The molecule has 1 saturated heterocycles. The number of rotatable bonds is 10. The molecule has 30 heavy (non-hydrogen) atoms. The van der Waals surface area contributed by atoms with Gasteiger partial charge in [-0.15, -0.1) is 12.4 Å². The number of nitrogens with one attached hydrogen (secondary N) is 1. The van der Waals surface area contributed by atoms with E-state index in [0.29, 0.717) is 6.42 Å².